The highest BCUT2D eigenvalue weighted by Crippen LogP contribution is 2.18. The van der Waals surface area contributed by atoms with E-state index in [1.807, 2.05) is 0 Å². The molecule has 0 amide bonds. The second-order valence-corrected chi connectivity index (χ2v) is 3.95. The number of nitrogens with one attached hydrogen (secondary N) is 1. The summed E-state index contributed by atoms with van der Waals surface area (Å²) in [5.74, 6) is -0.767. The lowest BCUT2D eigenvalue weighted by molar-refractivity contribution is 0.0690. The number of aromatic carboxylic acids is 1. The Morgan fingerprint density at radius 3 is 3.00 bits per heavy atom. The van der Waals surface area contributed by atoms with Crippen molar-refractivity contribution >= 4 is 29.0 Å². The number of hydrogen-bond acceptors (Lipinski definition) is 3. The third-order valence-electron chi connectivity index (χ3n) is 2.18. The molecule has 6 heteroatoms. The normalized spacial score (nSPS) is 10.4. The summed E-state index contributed by atoms with van der Waals surface area (Å²) in [6, 6.07) is 5.26. The van der Waals surface area contributed by atoms with Crippen molar-refractivity contribution in [1.29, 1.82) is 0 Å². The Balaban J connectivity index is 2.50. The number of fused-ring (bicyclic) bond motifs is 1. The minimum absolute atomic E-state index is 0.0820. The molecule has 0 radical (unpaired) electrons. The fourth-order valence-corrected chi connectivity index (χ4v) is 1.57. The van der Waals surface area contributed by atoms with Crippen molar-refractivity contribution in [2.75, 3.05) is 11.9 Å². The Bertz CT molecular complexity index is 591. The fraction of sp³-hybridized carbons (Fsp3) is 0.0909. The predicted molar refractivity (Wildman–Crippen MR) is 65.6 cm³/mol. The van der Waals surface area contributed by atoms with Gasteiger partial charge in [-0.25, -0.2) is 9.78 Å². The molecule has 0 aromatic carbocycles. The van der Waals surface area contributed by atoms with Gasteiger partial charge in [0.05, 0.1) is 6.54 Å². The maximum absolute atomic E-state index is 11.2. The van der Waals surface area contributed by atoms with Crippen molar-refractivity contribution < 1.29 is 9.90 Å². The Morgan fingerprint density at radius 1 is 1.59 bits per heavy atom. The number of imidazole rings is 1. The van der Waals surface area contributed by atoms with E-state index in [2.05, 4.69) is 16.9 Å². The molecule has 2 heterocycles. The van der Waals surface area contributed by atoms with Gasteiger partial charge in [-0.2, -0.15) is 0 Å². The number of rotatable bonds is 4. The molecule has 17 heavy (non-hydrogen) atoms. The van der Waals surface area contributed by atoms with Crippen molar-refractivity contribution in [2.24, 2.45) is 0 Å². The smallest absolute Gasteiger partial charge is 0.356 e. The molecule has 0 spiro atoms. The first-order valence-electron chi connectivity index (χ1n) is 4.87. The highest BCUT2D eigenvalue weighted by molar-refractivity contribution is 6.29. The van der Waals surface area contributed by atoms with E-state index in [9.17, 15) is 4.79 Å². The van der Waals surface area contributed by atoms with Gasteiger partial charge in [0.1, 0.15) is 5.65 Å². The van der Waals surface area contributed by atoms with Crippen molar-refractivity contribution in [3.63, 3.8) is 0 Å². The Labute approximate surface area is 102 Å². The van der Waals surface area contributed by atoms with Gasteiger partial charge in [-0.3, -0.25) is 4.40 Å². The molecule has 0 aliphatic rings. The second kappa shape index (κ2) is 4.47. The van der Waals surface area contributed by atoms with Gasteiger partial charge < -0.3 is 10.4 Å². The predicted octanol–water partition coefficient (Wildman–Crippen LogP) is 2.20. The van der Waals surface area contributed by atoms with Gasteiger partial charge in [-0.05, 0) is 12.1 Å². The number of carboxylic acid groups (broad SMARTS) is 1. The summed E-state index contributed by atoms with van der Waals surface area (Å²) in [7, 11) is 0. The average Bonchev–Trinajstić information content (AvgIpc) is 2.64. The van der Waals surface area contributed by atoms with Crippen molar-refractivity contribution in [2.45, 2.75) is 0 Å². The Morgan fingerprint density at radius 2 is 2.35 bits per heavy atom. The molecule has 2 N–H and O–H groups in total. The van der Waals surface area contributed by atoms with Gasteiger partial charge in [-0.1, -0.05) is 24.2 Å². The molecule has 0 aliphatic heterocycles. The quantitative estimate of drug-likeness (QED) is 0.874. The Hall–Kier alpha value is -2.01. The zero-order valence-corrected chi connectivity index (χ0v) is 9.61. The van der Waals surface area contributed by atoms with Crippen LogP contribution in [0.4, 0.5) is 5.82 Å². The van der Waals surface area contributed by atoms with E-state index in [-0.39, 0.29) is 18.1 Å². The van der Waals surface area contributed by atoms with Gasteiger partial charge in [0, 0.05) is 11.2 Å². The van der Waals surface area contributed by atoms with Gasteiger partial charge in [0.2, 0.25) is 0 Å². The molecule has 0 bridgehead atoms. The van der Waals surface area contributed by atoms with E-state index in [1.54, 1.807) is 24.4 Å². The standard InChI is InChI=1S/C11H10ClN3O2/c1-7(12)6-13-10-9(11(16)17)15-5-3-2-4-8(15)14-10/h2-5,13H,1,6H2,(H,16,17). The molecule has 0 atom stereocenters. The first-order valence-corrected chi connectivity index (χ1v) is 5.25. The third kappa shape index (κ3) is 2.24. The average molecular weight is 252 g/mol. The number of carboxylic acids is 1. The van der Waals surface area contributed by atoms with Crippen LogP contribution in [0.1, 0.15) is 10.5 Å². The third-order valence-corrected chi connectivity index (χ3v) is 2.31. The van der Waals surface area contributed by atoms with Crippen LogP contribution in [-0.2, 0) is 0 Å². The summed E-state index contributed by atoms with van der Waals surface area (Å²) in [5, 5.41) is 12.4. The maximum atomic E-state index is 11.2. The van der Waals surface area contributed by atoms with Crippen molar-refractivity contribution in [3.8, 4) is 0 Å². The topological polar surface area (TPSA) is 66.6 Å². The van der Waals surface area contributed by atoms with Gasteiger partial charge in [-0.15, -0.1) is 0 Å². The minimum Gasteiger partial charge on any atom is -0.476 e. The van der Waals surface area contributed by atoms with Crippen LogP contribution in [-0.4, -0.2) is 27.0 Å². The molecular formula is C11H10ClN3O2. The van der Waals surface area contributed by atoms with Crippen molar-refractivity contribution in [1.82, 2.24) is 9.38 Å². The lowest BCUT2D eigenvalue weighted by Crippen LogP contribution is -2.08. The molecular weight excluding hydrogens is 242 g/mol. The van der Waals surface area contributed by atoms with Crippen LogP contribution in [0.2, 0.25) is 0 Å². The number of halogens is 1. The molecule has 0 saturated heterocycles. The van der Waals surface area contributed by atoms with Gasteiger partial charge >= 0.3 is 5.97 Å². The monoisotopic (exact) mass is 251 g/mol. The zero-order valence-electron chi connectivity index (χ0n) is 8.85. The lowest BCUT2D eigenvalue weighted by Gasteiger charge is -2.02. The van der Waals surface area contributed by atoms with E-state index < -0.39 is 5.97 Å². The summed E-state index contributed by atoms with van der Waals surface area (Å²) < 4.78 is 1.50. The van der Waals surface area contributed by atoms with Crippen LogP contribution in [0.5, 0.6) is 0 Å². The summed E-state index contributed by atoms with van der Waals surface area (Å²) in [4.78, 5) is 15.4. The van der Waals surface area contributed by atoms with Crippen LogP contribution in [0, 0.1) is 0 Å². The highest BCUT2D eigenvalue weighted by atomic mass is 35.5. The summed E-state index contributed by atoms with van der Waals surface area (Å²) in [5.41, 5.74) is 0.645. The number of aromatic nitrogens is 2. The molecule has 2 aromatic heterocycles. The summed E-state index contributed by atoms with van der Waals surface area (Å²) in [6.45, 7) is 3.79. The first kappa shape index (κ1) is 11.5. The molecule has 88 valence electrons. The van der Waals surface area contributed by atoms with Crippen LogP contribution < -0.4 is 5.32 Å². The van der Waals surface area contributed by atoms with Crippen LogP contribution in [0.25, 0.3) is 5.65 Å². The number of hydrogen-bond donors (Lipinski definition) is 2. The highest BCUT2D eigenvalue weighted by Gasteiger charge is 2.17. The largest absolute Gasteiger partial charge is 0.476 e. The van der Waals surface area contributed by atoms with Crippen molar-refractivity contribution in [3.05, 3.63) is 41.7 Å². The SMILES string of the molecule is C=C(Cl)CNc1nc2ccccn2c1C(=O)O. The molecule has 0 aliphatic carbocycles. The summed E-state index contributed by atoms with van der Waals surface area (Å²) in [6.07, 6.45) is 1.65. The van der Waals surface area contributed by atoms with Gasteiger partial charge in [0.15, 0.2) is 11.5 Å². The Kier molecular flexibility index (Phi) is 3.01. The van der Waals surface area contributed by atoms with Crippen LogP contribution in [0.15, 0.2) is 36.0 Å². The molecule has 0 saturated carbocycles. The fourth-order valence-electron chi connectivity index (χ4n) is 1.50. The zero-order chi connectivity index (χ0) is 12.4. The number of anilines is 1. The van der Waals surface area contributed by atoms with E-state index in [0.29, 0.717) is 10.7 Å². The minimum atomic E-state index is -1.05. The molecule has 0 fully saturated rings. The van der Waals surface area contributed by atoms with Crippen LogP contribution in [0.3, 0.4) is 0 Å². The molecule has 0 unspecified atom stereocenters. The molecule has 2 aromatic rings. The van der Waals surface area contributed by atoms with Gasteiger partial charge in [0.25, 0.3) is 0 Å². The maximum Gasteiger partial charge on any atom is 0.356 e. The number of pyridine rings is 1. The van der Waals surface area contributed by atoms with Crippen LogP contribution >= 0.6 is 11.6 Å². The van der Waals surface area contributed by atoms with E-state index in [4.69, 9.17) is 16.7 Å². The lowest BCUT2D eigenvalue weighted by atomic mass is 10.4. The number of nitrogens with zero attached hydrogens (tertiary/aromatic N) is 2. The first-order chi connectivity index (χ1) is 8.09. The van der Waals surface area contributed by atoms with E-state index in [1.165, 1.54) is 4.40 Å². The second-order valence-electron chi connectivity index (χ2n) is 3.41. The molecule has 5 nitrogen and oxygen atoms in total. The number of carbonyl (C=O) groups is 1. The van der Waals surface area contributed by atoms with E-state index >= 15 is 0 Å². The molecule has 2 rings (SSSR count). The summed E-state index contributed by atoms with van der Waals surface area (Å²) >= 11 is 5.62. The van der Waals surface area contributed by atoms with E-state index in [0.717, 1.165) is 0 Å².